The van der Waals surface area contributed by atoms with Gasteiger partial charge in [0.05, 0.1) is 23.2 Å². The van der Waals surface area contributed by atoms with E-state index >= 15 is 0 Å². The lowest BCUT2D eigenvalue weighted by Gasteiger charge is -2.25. The largest absolute Gasteiger partial charge is 0.383 e. The van der Waals surface area contributed by atoms with Crippen molar-refractivity contribution >= 4 is 29.3 Å². The molecule has 1 saturated carbocycles. The van der Waals surface area contributed by atoms with Gasteiger partial charge in [-0.1, -0.05) is 18.2 Å². The van der Waals surface area contributed by atoms with Crippen LogP contribution in [0, 0.1) is 5.92 Å². The Balaban J connectivity index is 1.33. The quantitative estimate of drug-likeness (QED) is 0.406. The van der Waals surface area contributed by atoms with Gasteiger partial charge in [0.15, 0.2) is 5.79 Å². The Hall–Kier alpha value is -3.03. The van der Waals surface area contributed by atoms with Crippen LogP contribution in [0.5, 0.6) is 0 Å². The van der Waals surface area contributed by atoms with E-state index in [1.54, 1.807) is 7.05 Å². The highest BCUT2D eigenvalue weighted by atomic mass is 16.8. The maximum atomic E-state index is 6.41. The molecule has 1 aliphatic heterocycles. The number of nitrogens with two attached hydrogens (primary N) is 1. The van der Waals surface area contributed by atoms with Crippen LogP contribution >= 0.6 is 0 Å². The number of benzene rings is 1. The summed E-state index contributed by atoms with van der Waals surface area (Å²) in [6, 6.07) is 12.7. The van der Waals surface area contributed by atoms with E-state index in [1.807, 2.05) is 38.4 Å². The zero-order chi connectivity index (χ0) is 23.9. The van der Waals surface area contributed by atoms with Crippen LogP contribution in [0.15, 0.2) is 58.8 Å². The van der Waals surface area contributed by atoms with E-state index in [0.717, 1.165) is 42.6 Å². The monoisotopic (exact) mass is 459 g/mol. The standard InChI is InChI=1S/C27H33N5O2/c1-27(2)33-23-19(8-5-7-17-10-11-18-9-6-13-31-21(18)15-17)16-22(24(23)34-27)32-14-12-20(25(28)29-3)26(32)30-4/h6,9-15,19,22-24H,4-5,7-8,16H2,1-3H3,(H2,28,29)/t19?,22-,23-,24+/m1/s1. The van der Waals surface area contributed by atoms with Crippen LogP contribution in [0.4, 0.5) is 5.82 Å². The molecule has 0 radical (unpaired) electrons. The fourth-order valence-electron chi connectivity index (χ4n) is 5.64. The smallest absolute Gasteiger partial charge is 0.163 e. The Morgan fingerprint density at radius 2 is 2.06 bits per heavy atom. The van der Waals surface area contributed by atoms with Crippen LogP contribution in [0.2, 0.25) is 0 Å². The van der Waals surface area contributed by atoms with E-state index in [0.29, 0.717) is 11.8 Å². The van der Waals surface area contributed by atoms with Gasteiger partial charge in [-0.2, -0.15) is 0 Å². The minimum Gasteiger partial charge on any atom is -0.383 e. The lowest BCUT2D eigenvalue weighted by atomic mass is 9.96. The molecule has 4 atom stereocenters. The average molecular weight is 460 g/mol. The van der Waals surface area contributed by atoms with Crippen molar-refractivity contribution in [3.8, 4) is 0 Å². The van der Waals surface area contributed by atoms with Crippen molar-refractivity contribution in [3.63, 3.8) is 0 Å². The van der Waals surface area contributed by atoms with Crippen LogP contribution in [-0.2, 0) is 15.9 Å². The fourth-order valence-corrected chi connectivity index (χ4v) is 5.64. The van der Waals surface area contributed by atoms with Gasteiger partial charge in [-0.05, 0) is 75.9 Å². The van der Waals surface area contributed by atoms with Gasteiger partial charge in [0.2, 0.25) is 0 Å². The van der Waals surface area contributed by atoms with Crippen molar-refractivity contribution in [1.29, 1.82) is 0 Å². The number of aromatic nitrogens is 2. The molecule has 3 heterocycles. The SMILES string of the molecule is C=Nc1c(C(N)=NC)ccn1[C@@H]1CC(CCCc2ccc3cccnc3c2)[C@H]2OC(C)(C)O[C@H]21. The molecule has 0 bridgehead atoms. The van der Waals surface area contributed by atoms with Crippen LogP contribution in [0.1, 0.15) is 50.3 Å². The Labute approximate surface area is 200 Å². The van der Waals surface area contributed by atoms with Gasteiger partial charge in [0.1, 0.15) is 17.8 Å². The first-order chi connectivity index (χ1) is 16.4. The second-order valence-corrected chi connectivity index (χ2v) is 9.78. The molecule has 178 valence electrons. The molecule has 1 aromatic carbocycles. The number of hydrogen-bond acceptors (Lipinski definition) is 5. The summed E-state index contributed by atoms with van der Waals surface area (Å²) in [5, 5.41) is 1.18. The Kier molecular flexibility index (Phi) is 6.00. The molecular formula is C27H33N5O2. The predicted molar refractivity (Wildman–Crippen MR) is 136 cm³/mol. The van der Waals surface area contributed by atoms with E-state index in [2.05, 4.69) is 50.5 Å². The maximum absolute atomic E-state index is 6.41. The summed E-state index contributed by atoms with van der Waals surface area (Å²) >= 11 is 0. The van der Waals surface area contributed by atoms with E-state index < -0.39 is 5.79 Å². The van der Waals surface area contributed by atoms with E-state index in [9.17, 15) is 0 Å². The summed E-state index contributed by atoms with van der Waals surface area (Å²) in [7, 11) is 1.68. The number of pyridine rings is 1. The molecule has 2 aromatic heterocycles. The lowest BCUT2D eigenvalue weighted by Crippen LogP contribution is -2.27. The van der Waals surface area contributed by atoms with Gasteiger partial charge in [0, 0.05) is 24.8 Å². The molecular weight excluding hydrogens is 426 g/mol. The van der Waals surface area contributed by atoms with Crippen LogP contribution in [0.25, 0.3) is 10.9 Å². The highest BCUT2D eigenvalue weighted by Crippen LogP contribution is 2.49. The number of amidine groups is 1. The second kappa shape index (κ2) is 8.96. The molecule has 1 saturated heterocycles. The summed E-state index contributed by atoms with van der Waals surface area (Å²) in [5.41, 5.74) is 9.29. The van der Waals surface area contributed by atoms with E-state index in [4.69, 9.17) is 15.2 Å². The zero-order valence-corrected chi connectivity index (χ0v) is 20.1. The van der Waals surface area contributed by atoms with Crippen molar-refractivity contribution in [1.82, 2.24) is 9.55 Å². The number of ether oxygens (including phenoxy) is 2. The molecule has 7 heteroatoms. The molecule has 1 unspecified atom stereocenters. The van der Waals surface area contributed by atoms with Crippen molar-refractivity contribution in [3.05, 3.63) is 59.9 Å². The summed E-state index contributed by atoms with van der Waals surface area (Å²) in [6.45, 7) is 7.79. The number of hydrogen-bond donors (Lipinski definition) is 1. The highest BCUT2D eigenvalue weighted by molar-refractivity contribution is 6.01. The fraction of sp³-hybridized carbons (Fsp3) is 0.444. The van der Waals surface area contributed by atoms with Crippen LogP contribution in [0.3, 0.4) is 0 Å². The van der Waals surface area contributed by atoms with E-state index in [-0.39, 0.29) is 18.2 Å². The zero-order valence-electron chi connectivity index (χ0n) is 20.1. The van der Waals surface area contributed by atoms with Crippen molar-refractivity contribution in [2.45, 2.75) is 63.6 Å². The first kappa shape index (κ1) is 22.7. The first-order valence-corrected chi connectivity index (χ1v) is 12.0. The van der Waals surface area contributed by atoms with Gasteiger partial charge in [-0.3, -0.25) is 9.98 Å². The van der Waals surface area contributed by atoms with Crippen LogP contribution in [-0.4, -0.2) is 47.1 Å². The molecule has 5 rings (SSSR count). The number of aliphatic imine (C=N–C) groups is 2. The second-order valence-electron chi connectivity index (χ2n) is 9.78. The molecule has 3 aromatic rings. The van der Waals surface area contributed by atoms with Gasteiger partial charge in [-0.25, -0.2) is 4.99 Å². The molecule has 1 aliphatic carbocycles. The summed E-state index contributed by atoms with van der Waals surface area (Å²) in [5.74, 6) is 0.999. The van der Waals surface area contributed by atoms with Crippen molar-refractivity contribution in [2.75, 3.05) is 7.05 Å². The molecule has 0 spiro atoms. The third-order valence-electron chi connectivity index (χ3n) is 7.17. The number of fused-ring (bicyclic) bond motifs is 2. The minimum atomic E-state index is -0.599. The Bertz CT molecular complexity index is 1230. The Morgan fingerprint density at radius 1 is 1.24 bits per heavy atom. The number of rotatable bonds is 7. The van der Waals surface area contributed by atoms with E-state index in [1.165, 1.54) is 10.9 Å². The topological polar surface area (TPSA) is 87.0 Å². The first-order valence-electron chi connectivity index (χ1n) is 12.0. The summed E-state index contributed by atoms with van der Waals surface area (Å²) in [6.07, 6.45) is 8.03. The molecule has 2 aliphatic rings. The molecule has 2 fully saturated rings. The van der Waals surface area contributed by atoms with Gasteiger partial charge in [-0.15, -0.1) is 0 Å². The molecule has 7 nitrogen and oxygen atoms in total. The number of aryl methyl sites for hydroxylation is 1. The summed E-state index contributed by atoms with van der Waals surface area (Å²) < 4.78 is 15.0. The third kappa shape index (κ3) is 4.14. The van der Waals surface area contributed by atoms with Gasteiger partial charge < -0.3 is 19.8 Å². The third-order valence-corrected chi connectivity index (χ3v) is 7.17. The van der Waals surface area contributed by atoms with Crippen molar-refractivity contribution in [2.24, 2.45) is 21.6 Å². The lowest BCUT2D eigenvalue weighted by molar-refractivity contribution is -0.160. The minimum absolute atomic E-state index is 0.0367. The molecule has 2 N–H and O–H groups in total. The average Bonchev–Trinajstić information content (AvgIpc) is 3.49. The summed E-state index contributed by atoms with van der Waals surface area (Å²) in [4.78, 5) is 12.9. The van der Waals surface area contributed by atoms with Crippen LogP contribution < -0.4 is 5.73 Å². The predicted octanol–water partition coefficient (Wildman–Crippen LogP) is 4.81. The highest BCUT2D eigenvalue weighted by Gasteiger charge is 2.54. The number of nitrogens with zero attached hydrogens (tertiary/aromatic N) is 4. The molecule has 34 heavy (non-hydrogen) atoms. The Morgan fingerprint density at radius 3 is 2.85 bits per heavy atom. The van der Waals surface area contributed by atoms with Gasteiger partial charge in [0.25, 0.3) is 0 Å². The van der Waals surface area contributed by atoms with Crippen molar-refractivity contribution < 1.29 is 9.47 Å². The van der Waals surface area contributed by atoms with Gasteiger partial charge >= 0.3 is 0 Å². The maximum Gasteiger partial charge on any atom is 0.163 e. The normalized spacial score (nSPS) is 26.1. The molecule has 0 amide bonds.